The Kier molecular flexibility index (Phi) is 2.11. The molecule has 0 saturated heterocycles. The molecule has 0 aromatic heterocycles. The molecule has 1 N–H and O–H groups in total. The summed E-state index contributed by atoms with van der Waals surface area (Å²) in [5, 5.41) is 8.71. The molecule has 0 fully saturated rings. The first kappa shape index (κ1) is 8.99. The van der Waals surface area contributed by atoms with Gasteiger partial charge in [0, 0.05) is 6.07 Å². The summed E-state index contributed by atoms with van der Waals surface area (Å²) < 4.78 is 17.9. The van der Waals surface area contributed by atoms with Gasteiger partial charge in [-0.25, -0.2) is 9.18 Å². The molecule has 1 heterocycles. The van der Waals surface area contributed by atoms with Crippen LogP contribution in [0.2, 0.25) is 0 Å². The molecule has 0 bridgehead atoms. The van der Waals surface area contributed by atoms with Crippen LogP contribution in [0.25, 0.3) is 0 Å². The summed E-state index contributed by atoms with van der Waals surface area (Å²) in [6.07, 6.45) is 0.213. The molecule has 0 amide bonds. The van der Waals surface area contributed by atoms with Gasteiger partial charge in [-0.15, -0.1) is 0 Å². The smallest absolute Gasteiger partial charge is 0.344 e. The molecule has 1 aliphatic heterocycles. The maximum Gasteiger partial charge on any atom is 0.344 e. The maximum atomic E-state index is 12.8. The van der Waals surface area contributed by atoms with E-state index in [-0.39, 0.29) is 0 Å². The average molecular weight is 196 g/mol. The molecular formula is C10H9FO3. The number of aryl methyl sites for hydroxylation is 1. The number of rotatable bonds is 1. The summed E-state index contributed by atoms with van der Waals surface area (Å²) >= 11 is 0. The zero-order valence-electron chi connectivity index (χ0n) is 7.37. The van der Waals surface area contributed by atoms with Crippen molar-refractivity contribution in [3.05, 3.63) is 29.6 Å². The zero-order chi connectivity index (χ0) is 10.1. The SMILES string of the molecule is O=C(O)C1CCc2ccc(F)cc2O1. The fourth-order valence-corrected chi connectivity index (χ4v) is 1.52. The second-order valence-corrected chi connectivity index (χ2v) is 3.24. The van der Waals surface area contributed by atoms with Gasteiger partial charge in [0.1, 0.15) is 11.6 Å². The van der Waals surface area contributed by atoms with Crippen molar-refractivity contribution in [3.63, 3.8) is 0 Å². The number of fused-ring (bicyclic) bond motifs is 1. The zero-order valence-corrected chi connectivity index (χ0v) is 7.37. The minimum absolute atomic E-state index is 0.351. The van der Waals surface area contributed by atoms with Gasteiger partial charge in [-0.1, -0.05) is 6.07 Å². The Bertz CT molecular complexity index is 376. The highest BCUT2D eigenvalue weighted by Crippen LogP contribution is 2.28. The van der Waals surface area contributed by atoms with Crippen molar-refractivity contribution in [2.75, 3.05) is 0 Å². The van der Waals surface area contributed by atoms with E-state index >= 15 is 0 Å². The Morgan fingerprint density at radius 1 is 1.57 bits per heavy atom. The fraction of sp³-hybridized carbons (Fsp3) is 0.300. The molecule has 0 aliphatic carbocycles. The van der Waals surface area contributed by atoms with Crippen LogP contribution in [0.15, 0.2) is 18.2 Å². The number of hydrogen-bond acceptors (Lipinski definition) is 2. The summed E-state index contributed by atoms with van der Waals surface area (Å²) in [6.45, 7) is 0. The van der Waals surface area contributed by atoms with Crippen LogP contribution in [0.3, 0.4) is 0 Å². The average Bonchev–Trinajstić information content (AvgIpc) is 2.16. The number of benzene rings is 1. The van der Waals surface area contributed by atoms with Gasteiger partial charge in [0.15, 0.2) is 6.10 Å². The Morgan fingerprint density at radius 2 is 2.36 bits per heavy atom. The first-order chi connectivity index (χ1) is 6.66. The predicted octanol–water partition coefficient (Wildman–Crippen LogP) is 1.60. The van der Waals surface area contributed by atoms with E-state index < -0.39 is 17.9 Å². The van der Waals surface area contributed by atoms with Crippen molar-refractivity contribution in [3.8, 4) is 5.75 Å². The first-order valence-electron chi connectivity index (χ1n) is 4.35. The molecule has 2 rings (SSSR count). The van der Waals surface area contributed by atoms with Gasteiger partial charge >= 0.3 is 5.97 Å². The highest BCUT2D eigenvalue weighted by atomic mass is 19.1. The van der Waals surface area contributed by atoms with Gasteiger partial charge in [0.25, 0.3) is 0 Å². The molecule has 74 valence electrons. The summed E-state index contributed by atoms with van der Waals surface area (Å²) in [7, 11) is 0. The van der Waals surface area contributed by atoms with Crippen LogP contribution in [0.5, 0.6) is 5.75 Å². The number of ether oxygens (including phenoxy) is 1. The third-order valence-electron chi connectivity index (χ3n) is 2.25. The van der Waals surface area contributed by atoms with Crippen LogP contribution in [-0.4, -0.2) is 17.2 Å². The third-order valence-corrected chi connectivity index (χ3v) is 2.25. The quantitative estimate of drug-likeness (QED) is 0.742. The number of hydrogen-bond donors (Lipinski definition) is 1. The Labute approximate surface area is 80.1 Å². The maximum absolute atomic E-state index is 12.8. The van der Waals surface area contributed by atoms with Crippen LogP contribution >= 0.6 is 0 Å². The van der Waals surface area contributed by atoms with Gasteiger partial charge in [-0.2, -0.15) is 0 Å². The molecule has 0 saturated carbocycles. The van der Waals surface area contributed by atoms with Gasteiger partial charge in [-0.3, -0.25) is 0 Å². The summed E-state index contributed by atoms with van der Waals surface area (Å²) in [6, 6.07) is 4.20. The molecule has 14 heavy (non-hydrogen) atoms. The second kappa shape index (κ2) is 3.29. The Hall–Kier alpha value is -1.58. The van der Waals surface area contributed by atoms with Crippen LogP contribution in [0.4, 0.5) is 4.39 Å². The van der Waals surface area contributed by atoms with Gasteiger partial charge in [-0.05, 0) is 24.5 Å². The van der Waals surface area contributed by atoms with E-state index in [1.807, 2.05) is 0 Å². The van der Waals surface area contributed by atoms with Crippen molar-refractivity contribution in [2.24, 2.45) is 0 Å². The van der Waals surface area contributed by atoms with E-state index in [0.29, 0.717) is 18.6 Å². The van der Waals surface area contributed by atoms with E-state index in [1.165, 1.54) is 12.1 Å². The van der Waals surface area contributed by atoms with Crippen molar-refractivity contribution in [1.29, 1.82) is 0 Å². The van der Waals surface area contributed by atoms with E-state index in [1.54, 1.807) is 6.07 Å². The standard InChI is InChI=1S/C10H9FO3/c11-7-3-1-6-2-4-8(10(12)13)14-9(6)5-7/h1,3,5,8H,2,4H2,(H,12,13). The van der Waals surface area contributed by atoms with E-state index in [0.717, 1.165) is 5.56 Å². The van der Waals surface area contributed by atoms with E-state index in [2.05, 4.69) is 0 Å². The first-order valence-corrected chi connectivity index (χ1v) is 4.35. The van der Waals surface area contributed by atoms with Crippen LogP contribution in [0, 0.1) is 5.82 Å². The molecule has 1 atom stereocenters. The minimum atomic E-state index is -1.00. The number of carboxylic acids is 1. The van der Waals surface area contributed by atoms with Gasteiger partial charge in [0.05, 0.1) is 0 Å². The number of halogens is 1. The van der Waals surface area contributed by atoms with Crippen molar-refractivity contribution >= 4 is 5.97 Å². The number of aliphatic carboxylic acids is 1. The van der Waals surface area contributed by atoms with E-state index in [9.17, 15) is 9.18 Å². The van der Waals surface area contributed by atoms with E-state index in [4.69, 9.17) is 9.84 Å². The van der Waals surface area contributed by atoms with Crippen LogP contribution < -0.4 is 4.74 Å². The highest BCUT2D eigenvalue weighted by Gasteiger charge is 2.25. The topological polar surface area (TPSA) is 46.5 Å². The molecule has 1 unspecified atom stereocenters. The fourth-order valence-electron chi connectivity index (χ4n) is 1.52. The number of carboxylic acid groups (broad SMARTS) is 1. The molecule has 4 heteroatoms. The van der Waals surface area contributed by atoms with Gasteiger partial charge < -0.3 is 9.84 Å². The number of carbonyl (C=O) groups is 1. The lowest BCUT2D eigenvalue weighted by Crippen LogP contribution is -2.30. The molecular weight excluding hydrogens is 187 g/mol. The summed E-state index contributed by atoms with van der Waals surface area (Å²) in [4.78, 5) is 10.6. The lowest BCUT2D eigenvalue weighted by molar-refractivity contribution is -0.145. The van der Waals surface area contributed by atoms with Crippen molar-refractivity contribution in [1.82, 2.24) is 0 Å². The monoisotopic (exact) mass is 196 g/mol. The van der Waals surface area contributed by atoms with Crippen LogP contribution in [-0.2, 0) is 11.2 Å². The van der Waals surface area contributed by atoms with Gasteiger partial charge in [0.2, 0.25) is 0 Å². The van der Waals surface area contributed by atoms with Crippen LogP contribution in [0.1, 0.15) is 12.0 Å². The summed E-state index contributed by atoms with van der Waals surface area (Å²) in [5.74, 6) is -1.06. The second-order valence-electron chi connectivity index (χ2n) is 3.24. The normalized spacial score (nSPS) is 19.6. The summed E-state index contributed by atoms with van der Waals surface area (Å²) in [5.41, 5.74) is 0.865. The molecule has 1 aromatic rings. The Balaban J connectivity index is 2.29. The molecule has 1 aliphatic rings. The largest absolute Gasteiger partial charge is 0.479 e. The molecule has 0 radical (unpaired) electrons. The Morgan fingerprint density at radius 3 is 3.07 bits per heavy atom. The molecule has 1 aromatic carbocycles. The minimum Gasteiger partial charge on any atom is -0.479 e. The highest BCUT2D eigenvalue weighted by molar-refractivity contribution is 5.73. The predicted molar refractivity (Wildman–Crippen MR) is 46.8 cm³/mol. The molecule has 3 nitrogen and oxygen atoms in total. The van der Waals surface area contributed by atoms with Crippen molar-refractivity contribution < 1.29 is 19.0 Å². The third kappa shape index (κ3) is 1.55. The van der Waals surface area contributed by atoms with Crippen molar-refractivity contribution in [2.45, 2.75) is 18.9 Å². The lowest BCUT2D eigenvalue weighted by atomic mass is 10.0. The molecule has 0 spiro atoms. The lowest BCUT2D eigenvalue weighted by Gasteiger charge is -2.22.